The van der Waals surface area contributed by atoms with Crippen LogP contribution in [0.2, 0.25) is 0 Å². The number of aryl methyl sites for hydroxylation is 1. The number of sulfonamides is 1. The highest BCUT2D eigenvalue weighted by Gasteiger charge is 2.42. The Hall–Kier alpha value is -3.91. The van der Waals surface area contributed by atoms with Crippen molar-refractivity contribution in [2.24, 2.45) is 0 Å². The maximum absolute atomic E-state index is 13.2. The molecule has 2 amide bonds. The third kappa shape index (κ3) is 4.45. The zero-order valence-electron chi connectivity index (χ0n) is 19.0. The lowest BCUT2D eigenvalue weighted by Crippen LogP contribution is -2.30. The fraction of sp³-hybridized carbons (Fsp3) is 0.154. The molecule has 0 aromatic heterocycles. The lowest BCUT2D eigenvalue weighted by molar-refractivity contribution is -0.122. The summed E-state index contributed by atoms with van der Waals surface area (Å²) in [6.45, 7) is 3.32. The second-order valence-electron chi connectivity index (χ2n) is 8.02. The minimum atomic E-state index is -4.02. The Morgan fingerprint density at radius 3 is 2.26 bits per heavy atom. The lowest BCUT2D eigenvalue weighted by Gasteiger charge is -2.17. The summed E-state index contributed by atoms with van der Waals surface area (Å²) in [6, 6.07) is 20.5. The molecule has 3 aromatic rings. The topological polar surface area (TPSA) is 92.8 Å². The first kappa shape index (κ1) is 23.3. The summed E-state index contributed by atoms with van der Waals surface area (Å²) in [5, 5.41) is 2.83. The second-order valence-corrected chi connectivity index (χ2v) is 9.82. The molecule has 0 spiro atoms. The zero-order valence-corrected chi connectivity index (χ0v) is 19.8. The molecular weight excluding hydrogens is 452 g/mol. The van der Waals surface area contributed by atoms with Crippen molar-refractivity contribution in [3.05, 3.63) is 101 Å². The highest BCUT2D eigenvalue weighted by atomic mass is 32.2. The van der Waals surface area contributed by atoms with Crippen LogP contribution in [0.1, 0.15) is 34.0 Å². The second kappa shape index (κ2) is 9.15. The van der Waals surface area contributed by atoms with E-state index in [1.165, 1.54) is 14.0 Å². The van der Waals surface area contributed by atoms with Gasteiger partial charge in [0.15, 0.2) is 0 Å². The van der Waals surface area contributed by atoms with Gasteiger partial charge >= 0.3 is 0 Å². The maximum Gasteiger partial charge on any atom is 0.268 e. The molecule has 0 saturated heterocycles. The minimum absolute atomic E-state index is 0.00527. The zero-order chi connectivity index (χ0) is 24.5. The van der Waals surface area contributed by atoms with Gasteiger partial charge in [0.25, 0.3) is 21.8 Å². The number of rotatable bonds is 6. The molecule has 0 bridgehead atoms. The van der Waals surface area contributed by atoms with E-state index in [0.717, 1.165) is 9.87 Å². The Labute approximate surface area is 198 Å². The Balaban J connectivity index is 1.51. The van der Waals surface area contributed by atoms with E-state index < -0.39 is 15.9 Å². The predicted molar refractivity (Wildman–Crippen MR) is 131 cm³/mol. The summed E-state index contributed by atoms with van der Waals surface area (Å²) in [5.74, 6) is -0.250. The van der Waals surface area contributed by atoms with E-state index in [9.17, 15) is 18.0 Å². The first-order valence-corrected chi connectivity index (χ1v) is 12.0. The number of benzene rings is 3. The van der Waals surface area contributed by atoms with Crippen molar-refractivity contribution < 1.29 is 22.7 Å². The standard InChI is InChI=1S/C26H24N2O5S/c1-17-5-4-6-22(15-17)27-25(29)21-9-7-19(8-10-21)16-28-26(30)18(2)24(34(28,31)32)20-11-13-23(33-3)14-12-20/h4-15H,16H2,1-3H3,(H,27,29). The lowest BCUT2D eigenvalue weighted by atomic mass is 10.1. The van der Waals surface area contributed by atoms with Gasteiger partial charge in [0.2, 0.25) is 0 Å². The van der Waals surface area contributed by atoms with Gasteiger partial charge in [0.05, 0.1) is 13.7 Å². The molecule has 1 aliphatic rings. The molecule has 7 nitrogen and oxygen atoms in total. The predicted octanol–water partition coefficient (Wildman–Crippen LogP) is 4.36. The van der Waals surface area contributed by atoms with Crippen molar-refractivity contribution in [2.75, 3.05) is 12.4 Å². The number of amides is 2. The number of methoxy groups -OCH3 is 1. The first-order valence-electron chi connectivity index (χ1n) is 10.6. The van der Waals surface area contributed by atoms with Crippen molar-refractivity contribution in [2.45, 2.75) is 20.4 Å². The summed E-state index contributed by atoms with van der Waals surface area (Å²) in [4.78, 5) is 25.4. The van der Waals surface area contributed by atoms with Crippen LogP contribution >= 0.6 is 0 Å². The van der Waals surface area contributed by atoms with Gasteiger partial charge in [-0.1, -0.05) is 24.3 Å². The van der Waals surface area contributed by atoms with Gasteiger partial charge in [-0.15, -0.1) is 0 Å². The highest BCUT2D eigenvalue weighted by molar-refractivity contribution is 7.99. The smallest absolute Gasteiger partial charge is 0.268 e. The Bertz CT molecular complexity index is 1390. The van der Waals surface area contributed by atoms with Crippen LogP contribution < -0.4 is 10.1 Å². The number of nitrogens with one attached hydrogen (secondary N) is 1. The molecule has 0 unspecified atom stereocenters. The van der Waals surface area contributed by atoms with E-state index in [0.29, 0.717) is 28.1 Å². The van der Waals surface area contributed by atoms with Crippen LogP contribution in [0.25, 0.3) is 4.91 Å². The van der Waals surface area contributed by atoms with Gasteiger partial charge in [-0.05, 0) is 79.1 Å². The fourth-order valence-electron chi connectivity index (χ4n) is 3.82. The van der Waals surface area contributed by atoms with Crippen LogP contribution in [0.4, 0.5) is 5.69 Å². The molecule has 4 rings (SSSR count). The van der Waals surface area contributed by atoms with E-state index in [1.54, 1.807) is 54.6 Å². The number of anilines is 1. The van der Waals surface area contributed by atoms with Gasteiger partial charge in [-0.25, -0.2) is 12.7 Å². The quantitative estimate of drug-likeness (QED) is 0.571. The molecule has 34 heavy (non-hydrogen) atoms. The van der Waals surface area contributed by atoms with Crippen LogP contribution in [-0.2, 0) is 21.4 Å². The van der Waals surface area contributed by atoms with Crippen molar-refractivity contribution >= 4 is 32.4 Å². The Kier molecular flexibility index (Phi) is 6.26. The first-order chi connectivity index (χ1) is 16.2. The van der Waals surface area contributed by atoms with Crippen LogP contribution in [-0.4, -0.2) is 31.6 Å². The number of hydrogen-bond donors (Lipinski definition) is 1. The van der Waals surface area contributed by atoms with E-state index in [2.05, 4.69) is 5.32 Å². The number of hydrogen-bond acceptors (Lipinski definition) is 5. The molecule has 0 radical (unpaired) electrons. The summed E-state index contributed by atoms with van der Waals surface area (Å²) in [6.07, 6.45) is 0. The summed E-state index contributed by atoms with van der Waals surface area (Å²) >= 11 is 0. The molecule has 3 aromatic carbocycles. The van der Waals surface area contributed by atoms with Crippen molar-refractivity contribution in [3.63, 3.8) is 0 Å². The van der Waals surface area contributed by atoms with Crippen LogP contribution in [0.15, 0.2) is 78.4 Å². The molecule has 0 aliphatic carbocycles. The number of nitrogens with zero attached hydrogens (tertiary/aromatic N) is 1. The SMILES string of the molecule is COc1ccc(C2=C(C)C(=O)N(Cc3ccc(C(=O)Nc4cccc(C)c4)cc3)S2(=O)=O)cc1. The van der Waals surface area contributed by atoms with Crippen molar-refractivity contribution in [3.8, 4) is 5.75 Å². The monoisotopic (exact) mass is 476 g/mol. The molecule has 1 aliphatic heterocycles. The normalized spacial score (nSPS) is 14.9. The largest absolute Gasteiger partial charge is 0.497 e. The van der Waals surface area contributed by atoms with E-state index >= 15 is 0 Å². The van der Waals surface area contributed by atoms with Gasteiger partial charge in [-0.2, -0.15) is 0 Å². The van der Waals surface area contributed by atoms with E-state index in [4.69, 9.17) is 4.74 Å². The number of ether oxygens (including phenoxy) is 1. The van der Waals surface area contributed by atoms with Gasteiger partial charge < -0.3 is 10.1 Å². The Morgan fingerprint density at radius 1 is 0.971 bits per heavy atom. The Morgan fingerprint density at radius 2 is 1.65 bits per heavy atom. The van der Waals surface area contributed by atoms with Gasteiger partial charge in [0.1, 0.15) is 10.7 Å². The number of carbonyl (C=O) groups excluding carboxylic acids is 2. The third-order valence-corrected chi connectivity index (χ3v) is 7.54. The molecule has 174 valence electrons. The highest BCUT2D eigenvalue weighted by Crippen LogP contribution is 2.37. The fourth-order valence-corrected chi connectivity index (χ4v) is 5.62. The average Bonchev–Trinajstić information content (AvgIpc) is 2.98. The van der Waals surface area contributed by atoms with Crippen LogP contribution in [0.5, 0.6) is 5.75 Å². The average molecular weight is 477 g/mol. The van der Waals surface area contributed by atoms with Crippen LogP contribution in [0.3, 0.4) is 0 Å². The molecule has 0 fully saturated rings. The molecular formula is C26H24N2O5S. The van der Waals surface area contributed by atoms with Crippen molar-refractivity contribution in [1.82, 2.24) is 4.31 Å². The van der Waals surface area contributed by atoms with E-state index in [-0.39, 0.29) is 22.9 Å². The molecule has 1 heterocycles. The molecule has 0 atom stereocenters. The summed E-state index contributed by atoms with van der Waals surface area (Å²) in [7, 11) is -2.50. The van der Waals surface area contributed by atoms with Gasteiger partial charge in [-0.3, -0.25) is 9.59 Å². The maximum atomic E-state index is 13.2. The third-order valence-electron chi connectivity index (χ3n) is 5.61. The summed E-state index contributed by atoms with van der Waals surface area (Å²) in [5.41, 5.74) is 3.33. The van der Waals surface area contributed by atoms with Gasteiger partial charge in [0, 0.05) is 16.8 Å². The molecule has 1 N–H and O–H groups in total. The summed E-state index contributed by atoms with van der Waals surface area (Å²) < 4.78 is 32.5. The number of carbonyl (C=O) groups is 2. The van der Waals surface area contributed by atoms with Crippen molar-refractivity contribution in [1.29, 1.82) is 0 Å². The molecule has 8 heteroatoms. The van der Waals surface area contributed by atoms with Crippen LogP contribution in [0, 0.1) is 6.92 Å². The van der Waals surface area contributed by atoms with E-state index in [1.807, 2.05) is 25.1 Å². The molecule has 0 saturated carbocycles. The minimum Gasteiger partial charge on any atom is -0.497 e.